The van der Waals surface area contributed by atoms with Crippen molar-refractivity contribution < 1.29 is 4.79 Å². The number of carbonyl (C=O) groups excluding carboxylic acids is 1. The van der Waals surface area contributed by atoms with Crippen LogP contribution in [0.5, 0.6) is 0 Å². The van der Waals surface area contributed by atoms with Crippen LogP contribution < -0.4 is 10.6 Å². The normalized spacial score (nSPS) is 11.0. The van der Waals surface area contributed by atoms with Gasteiger partial charge < -0.3 is 10.6 Å². The van der Waals surface area contributed by atoms with Crippen LogP contribution in [0.3, 0.4) is 0 Å². The van der Waals surface area contributed by atoms with E-state index >= 15 is 0 Å². The molecule has 35 heavy (non-hydrogen) atoms. The molecule has 0 saturated heterocycles. The Labute approximate surface area is 200 Å². The van der Waals surface area contributed by atoms with E-state index in [1.54, 1.807) is 30.7 Å². The van der Waals surface area contributed by atoms with E-state index in [-0.39, 0.29) is 5.91 Å². The summed E-state index contributed by atoms with van der Waals surface area (Å²) >= 11 is 0. The number of fused-ring (bicyclic) bond motifs is 2. The Balaban J connectivity index is 1.42. The summed E-state index contributed by atoms with van der Waals surface area (Å²) in [5.74, 6) is 0.942. The van der Waals surface area contributed by atoms with Crippen LogP contribution in [-0.4, -0.2) is 31.1 Å². The number of H-pyrrole nitrogens is 1. The van der Waals surface area contributed by atoms with Crippen molar-refractivity contribution in [3.8, 4) is 11.4 Å². The number of nitrogens with one attached hydrogen (secondary N) is 3. The Bertz CT molecular complexity index is 1680. The van der Waals surface area contributed by atoms with Gasteiger partial charge in [0.05, 0.1) is 22.9 Å². The number of amides is 1. The van der Waals surface area contributed by atoms with E-state index in [1.807, 2.05) is 66.7 Å². The fourth-order valence-corrected chi connectivity index (χ4v) is 3.93. The van der Waals surface area contributed by atoms with Gasteiger partial charge >= 0.3 is 0 Å². The molecule has 3 N–H and O–H groups in total. The quantitative estimate of drug-likeness (QED) is 0.313. The van der Waals surface area contributed by atoms with Crippen molar-refractivity contribution in [1.29, 1.82) is 0 Å². The number of hydrogen-bond donors (Lipinski definition) is 3. The first-order valence-corrected chi connectivity index (χ1v) is 11.0. The molecule has 0 aliphatic heterocycles. The van der Waals surface area contributed by atoms with Gasteiger partial charge in [-0.25, -0.2) is 9.97 Å². The lowest BCUT2D eigenvalue weighted by Gasteiger charge is -2.14. The fraction of sp³-hybridized carbons (Fsp3) is 0. The van der Waals surface area contributed by atoms with Gasteiger partial charge in [0.25, 0.3) is 5.91 Å². The Kier molecular flexibility index (Phi) is 5.08. The van der Waals surface area contributed by atoms with Crippen molar-refractivity contribution in [1.82, 2.24) is 25.1 Å². The van der Waals surface area contributed by atoms with E-state index in [9.17, 15) is 4.79 Å². The maximum Gasteiger partial charge on any atom is 0.255 e. The largest absolute Gasteiger partial charge is 0.340 e. The average molecular weight is 457 g/mol. The van der Waals surface area contributed by atoms with E-state index < -0.39 is 0 Å². The predicted molar refractivity (Wildman–Crippen MR) is 137 cm³/mol. The highest BCUT2D eigenvalue weighted by Crippen LogP contribution is 2.31. The minimum Gasteiger partial charge on any atom is -0.340 e. The highest BCUT2D eigenvalue weighted by Gasteiger charge is 2.15. The van der Waals surface area contributed by atoms with E-state index in [0.717, 1.165) is 27.5 Å². The molecule has 1 amide bonds. The predicted octanol–water partition coefficient (Wildman–Crippen LogP) is 5.56. The second-order valence-corrected chi connectivity index (χ2v) is 7.95. The van der Waals surface area contributed by atoms with Gasteiger partial charge in [0.2, 0.25) is 0 Å². The molecule has 0 bridgehead atoms. The lowest BCUT2D eigenvalue weighted by molar-refractivity contribution is 0.102. The van der Waals surface area contributed by atoms with Crippen molar-refractivity contribution in [3.63, 3.8) is 0 Å². The molecular formula is C27H19N7O. The maximum absolute atomic E-state index is 12.8. The molecule has 0 saturated carbocycles. The maximum atomic E-state index is 12.8. The summed E-state index contributed by atoms with van der Waals surface area (Å²) in [6.45, 7) is 0. The average Bonchev–Trinajstić information content (AvgIpc) is 3.37. The smallest absolute Gasteiger partial charge is 0.255 e. The number of pyridine rings is 1. The topological polar surface area (TPSA) is 108 Å². The molecule has 0 fully saturated rings. The van der Waals surface area contributed by atoms with Crippen LogP contribution in [0.1, 0.15) is 10.4 Å². The molecule has 0 spiro atoms. The molecule has 0 unspecified atom stereocenters. The number of nitrogens with zero attached hydrogens (tertiary/aromatic N) is 4. The van der Waals surface area contributed by atoms with E-state index in [2.05, 4.69) is 25.8 Å². The number of aromatic nitrogens is 5. The van der Waals surface area contributed by atoms with Gasteiger partial charge in [-0.3, -0.25) is 14.9 Å². The van der Waals surface area contributed by atoms with Crippen LogP contribution in [0.4, 0.5) is 17.2 Å². The van der Waals surface area contributed by atoms with Crippen molar-refractivity contribution >= 4 is 44.9 Å². The molecule has 8 heteroatoms. The van der Waals surface area contributed by atoms with Crippen LogP contribution in [-0.2, 0) is 0 Å². The first-order chi connectivity index (χ1) is 17.2. The summed E-state index contributed by atoms with van der Waals surface area (Å²) in [5.41, 5.74) is 4.49. The first-order valence-electron chi connectivity index (χ1n) is 11.0. The molecule has 3 aromatic heterocycles. The number of rotatable bonds is 5. The van der Waals surface area contributed by atoms with E-state index in [0.29, 0.717) is 28.5 Å². The molecule has 3 aromatic carbocycles. The number of anilines is 3. The summed E-state index contributed by atoms with van der Waals surface area (Å²) in [7, 11) is 0. The summed E-state index contributed by atoms with van der Waals surface area (Å²) in [4.78, 5) is 26.4. The van der Waals surface area contributed by atoms with Crippen LogP contribution >= 0.6 is 0 Å². The van der Waals surface area contributed by atoms with Gasteiger partial charge in [-0.05, 0) is 54.6 Å². The standard InChI is InChI=1S/C27H19N7O/c35-27(17-11-13-28-14-12-17)32-24-8-4-2-6-21(24)26-31-23-7-3-1-5-20(23)25(33-26)30-19-9-10-22-18(15-19)16-29-34-22/h1-16H,(H,29,34)(H,32,35)(H,30,31,33). The number of hydrogen-bond acceptors (Lipinski definition) is 6. The second-order valence-electron chi connectivity index (χ2n) is 7.95. The Morgan fingerprint density at radius 1 is 0.857 bits per heavy atom. The third-order valence-electron chi connectivity index (χ3n) is 5.66. The van der Waals surface area contributed by atoms with Crippen molar-refractivity contribution in [2.75, 3.05) is 10.6 Å². The van der Waals surface area contributed by atoms with Crippen molar-refractivity contribution in [3.05, 3.63) is 103 Å². The van der Waals surface area contributed by atoms with Crippen LogP contribution in [0.15, 0.2) is 97.5 Å². The summed E-state index contributed by atoms with van der Waals surface area (Å²) < 4.78 is 0. The molecule has 3 heterocycles. The van der Waals surface area contributed by atoms with Gasteiger partial charge in [-0.2, -0.15) is 5.10 Å². The van der Waals surface area contributed by atoms with Gasteiger partial charge in [-0.1, -0.05) is 24.3 Å². The van der Waals surface area contributed by atoms with Gasteiger partial charge in [0.15, 0.2) is 5.82 Å². The van der Waals surface area contributed by atoms with Gasteiger partial charge in [0, 0.05) is 40.0 Å². The molecule has 6 aromatic rings. The molecule has 6 rings (SSSR count). The SMILES string of the molecule is O=C(Nc1ccccc1-c1nc(Nc2ccc3[nH]ncc3c2)c2ccccc2n1)c1ccncc1. The first kappa shape index (κ1) is 20.5. The molecule has 0 radical (unpaired) electrons. The van der Waals surface area contributed by atoms with E-state index in [1.165, 1.54) is 0 Å². The molecule has 0 aliphatic carbocycles. The summed E-state index contributed by atoms with van der Waals surface area (Å²) in [5, 5.41) is 15.4. The van der Waals surface area contributed by atoms with Crippen LogP contribution in [0.2, 0.25) is 0 Å². The lowest BCUT2D eigenvalue weighted by Crippen LogP contribution is -2.13. The van der Waals surface area contributed by atoms with Crippen molar-refractivity contribution in [2.24, 2.45) is 0 Å². The zero-order chi connectivity index (χ0) is 23.6. The highest BCUT2D eigenvalue weighted by molar-refractivity contribution is 6.06. The summed E-state index contributed by atoms with van der Waals surface area (Å²) in [6, 6.07) is 24.6. The third kappa shape index (κ3) is 4.04. The summed E-state index contributed by atoms with van der Waals surface area (Å²) in [6.07, 6.45) is 4.96. The number of aromatic amines is 1. The van der Waals surface area contributed by atoms with E-state index in [4.69, 9.17) is 9.97 Å². The Hall–Kier alpha value is -5.11. The zero-order valence-electron chi connectivity index (χ0n) is 18.4. The van der Waals surface area contributed by atoms with Crippen LogP contribution in [0.25, 0.3) is 33.2 Å². The van der Waals surface area contributed by atoms with Crippen LogP contribution in [0, 0.1) is 0 Å². The minimum atomic E-state index is -0.229. The van der Waals surface area contributed by atoms with Gasteiger partial charge in [-0.15, -0.1) is 0 Å². The molecule has 8 nitrogen and oxygen atoms in total. The zero-order valence-corrected chi connectivity index (χ0v) is 18.4. The molecule has 0 aliphatic rings. The second kappa shape index (κ2) is 8.68. The Morgan fingerprint density at radius 3 is 2.60 bits per heavy atom. The molecule has 0 atom stereocenters. The van der Waals surface area contributed by atoms with Gasteiger partial charge in [0.1, 0.15) is 5.82 Å². The Morgan fingerprint density at radius 2 is 1.69 bits per heavy atom. The molecule has 168 valence electrons. The molecular weight excluding hydrogens is 438 g/mol. The fourth-order valence-electron chi connectivity index (χ4n) is 3.93. The minimum absolute atomic E-state index is 0.229. The monoisotopic (exact) mass is 457 g/mol. The number of benzene rings is 3. The highest BCUT2D eigenvalue weighted by atomic mass is 16.1. The third-order valence-corrected chi connectivity index (χ3v) is 5.66. The number of carbonyl (C=O) groups is 1. The van der Waals surface area contributed by atoms with Crippen molar-refractivity contribution in [2.45, 2.75) is 0 Å². The number of para-hydroxylation sites is 2. The lowest BCUT2D eigenvalue weighted by atomic mass is 10.1.